The summed E-state index contributed by atoms with van der Waals surface area (Å²) in [4.78, 5) is 16.5. The number of aromatic nitrogens is 3. The largest absolute Gasteiger partial charge is 0.496 e. The summed E-state index contributed by atoms with van der Waals surface area (Å²) in [6, 6.07) is 13.6. The molecule has 8 nitrogen and oxygen atoms in total. The van der Waals surface area contributed by atoms with Crippen molar-refractivity contribution in [1.29, 1.82) is 0 Å². The van der Waals surface area contributed by atoms with Crippen LogP contribution in [0.5, 0.6) is 17.2 Å². The van der Waals surface area contributed by atoms with Crippen molar-refractivity contribution in [1.82, 2.24) is 15.2 Å². The normalized spacial score (nSPS) is 11.4. The van der Waals surface area contributed by atoms with Crippen molar-refractivity contribution in [3.63, 3.8) is 0 Å². The molecule has 0 atom stereocenters. The molecule has 0 fully saturated rings. The number of ether oxygens (including phenoxy) is 3. The van der Waals surface area contributed by atoms with E-state index in [1.54, 1.807) is 48.5 Å². The molecule has 13 heteroatoms. The van der Waals surface area contributed by atoms with Crippen LogP contribution >= 0.6 is 62.5 Å². The number of carbonyl (C=O) groups is 1. The van der Waals surface area contributed by atoms with Gasteiger partial charge in [0.2, 0.25) is 5.16 Å². The van der Waals surface area contributed by atoms with Gasteiger partial charge in [-0.3, -0.25) is 5.10 Å². The van der Waals surface area contributed by atoms with Crippen molar-refractivity contribution < 1.29 is 24.1 Å². The third-order valence-electron chi connectivity index (χ3n) is 5.26. The van der Waals surface area contributed by atoms with E-state index in [0.717, 1.165) is 17.3 Å². The second-order valence-corrected chi connectivity index (χ2v) is 10.9. The van der Waals surface area contributed by atoms with Crippen molar-refractivity contribution in [2.45, 2.75) is 11.8 Å². The van der Waals surface area contributed by atoms with E-state index in [-0.39, 0.29) is 16.7 Å². The second-order valence-electron chi connectivity index (χ2n) is 7.78. The first-order valence-corrected chi connectivity index (χ1v) is 13.8. The van der Waals surface area contributed by atoms with Gasteiger partial charge in [0.25, 0.3) is 0 Å². The molecule has 0 aliphatic heterocycles. The van der Waals surface area contributed by atoms with Crippen LogP contribution in [0.4, 0.5) is 0 Å². The van der Waals surface area contributed by atoms with Gasteiger partial charge in [0.1, 0.15) is 17.3 Å². The Morgan fingerprint density at radius 1 is 1.03 bits per heavy atom. The lowest BCUT2D eigenvalue weighted by atomic mass is 10.2. The Bertz CT molecular complexity index is 1560. The molecule has 3 aromatic carbocycles. The van der Waals surface area contributed by atoms with Crippen molar-refractivity contribution in [2.24, 2.45) is 0 Å². The molecular weight excluding hydrogens is 653 g/mol. The molecule has 1 heterocycles. The van der Waals surface area contributed by atoms with Crippen molar-refractivity contribution in [3.05, 3.63) is 84.1 Å². The third-order valence-corrected chi connectivity index (χ3v) is 7.65. The quantitative estimate of drug-likeness (QED) is 0.129. The molecule has 0 aliphatic rings. The number of halogens is 4. The van der Waals surface area contributed by atoms with Gasteiger partial charge in [-0.2, -0.15) is 0 Å². The molecule has 2 N–H and O–H groups in total. The molecule has 0 saturated carbocycles. The SMILES string of the molecule is COc1cc(/C=C(\Sc2n[nH]c(-c3cc(Cl)ccc3OC)n2)C(=O)O)c(Br)cc1OCc1ccc(Cl)cc1Cl. The minimum atomic E-state index is -1.16. The maximum Gasteiger partial charge on any atom is 0.342 e. The molecule has 0 bridgehead atoms. The number of aromatic amines is 1. The van der Waals surface area contributed by atoms with Crippen LogP contribution in [0, 0.1) is 0 Å². The average molecular weight is 672 g/mol. The van der Waals surface area contributed by atoms with Gasteiger partial charge in [0.15, 0.2) is 17.3 Å². The van der Waals surface area contributed by atoms with Gasteiger partial charge in [-0.1, -0.05) is 56.8 Å². The number of rotatable bonds is 10. The smallest absolute Gasteiger partial charge is 0.342 e. The van der Waals surface area contributed by atoms with Gasteiger partial charge in [0, 0.05) is 25.1 Å². The monoisotopic (exact) mass is 669 g/mol. The number of thioether (sulfide) groups is 1. The number of H-pyrrole nitrogens is 1. The maximum absolute atomic E-state index is 12.1. The number of hydrogen-bond acceptors (Lipinski definition) is 7. The zero-order valence-corrected chi connectivity index (χ0v) is 25.0. The zero-order valence-electron chi connectivity index (χ0n) is 20.3. The molecular formula is C26H19BrCl3N3O5S. The Morgan fingerprint density at radius 2 is 1.74 bits per heavy atom. The zero-order chi connectivity index (χ0) is 28.1. The lowest BCUT2D eigenvalue weighted by Crippen LogP contribution is -2.00. The standard InChI is InChI=1S/C26H19BrCl3N3O5S/c1-36-20-6-5-15(28)9-17(20)24-31-26(33-32-24)39-23(25(34)35)8-14-7-21(37-2)22(11-18(14)27)38-12-13-3-4-16(29)10-19(13)30/h3-11H,12H2,1-2H3,(H,34,35)(H,31,32,33)/b23-8-. The summed E-state index contributed by atoms with van der Waals surface area (Å²) in [6.45, 7) is 0.175. The number of carboxylic acid groups (broad SMARTS) is 1. The highest BCUT2D eigenvalue weighted by molar-refractivity contribution is 9.10. The van der Waals surface area contributed by atoms with Gasteiger partial charge in [0.05, 0.1) is 19.8 Å². The number of hydrogen-bond donors (Lipinski definition) is 2. The van der Waals surface area contributed by atoms with Gasteiger partial charge in [-0.15, -0.1) is 5.10 Å². The van der Waals surface area contributed by atoms with Crippen LogP contribution in [0.2, 0.25) is 15.1 Å². The van der Waals surface area contributed by atoms with Crippen molar-refractivity contribution in [2.75, 3.05) is 14.2 Å². The van der Waals surface area contributed by atoms with E-state index in [2.05, 4.69) is 31.1 Å². The summed E-state index contributed by atoms with van der Waals surface area (Å²) in [5.74, 6) is 0.600. The van der Waals surface area contributed by atoms with Gasteiger partial charge in [-0.25, -0.2) is 9.78 Å². The van der Waals surface area contributed by atoms with Crippen LogP contribution in [-0.2, 0) is 11.4 Å². The lowest BCUT2D eigenvalue weighted by molar-refractivity contribution is -0.131. The van der Waals surface area contributed by atoms with Crippen LogP contribution in [-0.4, -0.2) is 40.5 Å². The number of nitrogens with one attached hydrogen (secondary N) is 1. The highest BCUT2D eigenvalue weighted by Crippen LogP contribution is 2.38. The van der Waals surface area contributed by atoms with Crippen molar-refractivity contribution >= 4 is 74.5 Å². The number of nitrogens with zero attached hydrogens (tertiary/aromatic N) is 2. The first-order valence-electron chi connectivity index (χ1n) is 11.0. The molecule has 0 unspecified atom stereocenters. The van der Waals surface area contributed by atoms with Gasteiger partial charge < -0.3 is 19.3 Å². The Kier molecular flexibility index (Phi) is 9.68. The Labute approximate surface area is 251 Å². The number of carboxylic acids is 1. The van der Waals surface area contributed by atoms with Crippen LogP contribution in [0.15, 0.2) is 63.1 Å². The molecule has 39 heavy (non-hydrogen) atoms. The first kappa shape index (κ1) is 29.1. The average Bonchev–Trinajstić information content (AvgIpc) is 3.37. The fraction of sp³-hybridized carbons (Fsp3) is 0.115. The Morgan fingerprint density at radius 3 is 2.44 bits per heavy atom. The van der Waals surface area contributed by atoms with Crippen LogP contribution in [0.25, 0.3) is 17.5 Å². The number of aliphatic carboxylic acids is 1. The molecule has 4 aromatic rings. The minimum Gasteiger partial charge on any atom is -0.496 e. The summed E-state index contributed by atoms with van der Waals surface area (Å²) < 4.78 is 17.4. The van der Waals surface area contributed by atoms with E-state index in [0.29, 0.717) is 53.7 Å². The van der Waals surface area contributed by atoms with E-state index < -0.39 is 5.97 Å². The summed E-state index contributed by atoms with van der Waals surface area (Å²) in [7, 11) is 3.02. The summed E-state index contributed by atoms with van der Waals surface area (Å²) >= 11 is 22.7. The van der Waals surface area contributed by atoms with E-state index in [4.69, 9.17) is 49.0 Å². The molecule has 0 aliphatic carbocycles. The topological polar surface area (TPSA) is 107 Å². The number of benzene rings is 3. The molecule has 0 spiro atoms. The molecule has 202 valence electrons. The van der Waals surface area contributed by atoms with E-state index in [1.807, 2.05) is 0 Å². The fourth-order valence-electron chi connectivity index (χ4n) is 3.38. The lowest BCUT2D eigenvalue weighted by Gasteiger charge is -2.14. The maximum atomic E-state index is 12.1. The molecule has 4 rings (SSSR count). The molecule has 1 aromatic heterocycles. The Hall–Kier alpha value is -2.89. The second kappa shape index (κ2) is 13.0. The number of methoxy groups -OCH3 is 2. The Balaban J connectivity index is 1.58. The highest BCUT2D eigenvalue weighted by Gasteiger charge is 2.18. The summed E-state index contributed by atoms with van der Waals surface area (Å²) in [6.07, 6.45) is 1.48. The summed E-state index contributed by atoms with van der Waals surface area (Å²) in [5.41, 5.74) is 1.88. The molecule has 0 radical (unpaired) electrons. The predicted molar refractivity (Wildman–Crippen MR) is 156 cm³/mol. The van der Waals surface area contributed by atoms with E-state index >= 15 is 0 Å². The third kappa shape index (κ3) is 7.20. The van der Waals surface area contributed by atoms with E-state index in [1.165, 1.54) is 20.3 Å². The highest BCUT2D eigenvalue weighted by atomic mass is 79.9. The van der Waals surface area contributed by atoms with Crippen LogP contribution in [0.1, 0.15) is 11.1 Å². The fourth-order valence-corrected chi connectivity index (χ4v) is 5.15. The molecule has 0 saturated heterocycles. The minimum absolute atomic E-state index is 0.0250. The van der Waals surface area contributed by atoms with Crippen LogP contribution in [0.3, 0.4) is 0 Å². The molecule has 0 amide bonds. The van der Waals surface area contributed by atoms with Gasteiger partial charge >= 0.3 is 5.97 Å². The van der Waals surface area contributed by atoms with E-state index in [9.17, 15) is 9.90 Å². The van der Waals surface area contributed by atoms with Gasteiger partial charge in [-0.05, 0) is 65.9 Å². The predicted octanol–water partition coefficient (Wildman–Crippen LogP) is 8.01. The van der Waals surface area contributed by atoms with Crippen LogP contribution < -0.4 is 14.2 Å². The van der Waals surface area contributed by atoms with Crippen molar-refractivity contribution in [3.8, 4) is 28.6 Å². The summed E-state index contributed by atoms with van der Waals surface area (Å²) in [5, 5.41) is 18.5. The first-order chi connectivity index (χ1) is 18.7.